The highest BCUT2D eigenvalue weighted by atomic mass is 16.5. The van der Waals surface area contributed by atoms with Crippen molar-refractivity contribution in [1.29, 1.82) is 0 Å². The summed E-state index contributed by atoms with van der Waals surface area (Å²) in [5.41, 5.74) is 7.34. The molecule has 1 aromatic rings. The Morgan fingerprint density at radius 3 is 2.71 bits per heavy atom. The maximum Gasteiger partial charge on any atom is 0.0950 e. The number of rotatable bonds is 6. The van der Waals surface area contributed by atoms with Crippen molar-refractivity contribution in [3.05, 3.63) is 18.2 Å². The molecule has 4 nitrogen and oxygen atoms in total. The minimum absolute atomic E-state index is 0.0422. The molecule has 0 radical (unpaired) electrons. The maximum atomic E-state index is 6.11. The molecule has 0 saturated carbocycles. The van der Waals surface area contributed by atoms with E-state index in [4.69, 9.17) is 10.5 Å². The van der Waals surface area contributed by atoms with E-state index >= 15 is 0 Å². The molecular formula is C17H31N3O. The highest BCUT2D eigenvalue weighted by molar-refractivity contribution is 5.10. The number of imidazole rings is 1. The van der Waals surface area contributed by atoms with Gasteiger partial charge in [-0.3, -0.25) is 0 Å². The molecule has 1 saturated heterocycles. The Hall–Kier alpha value is -0.870. The summed E-state index contributed by atoms with van der Waals surface area (Å²) in [5.74, 6) is 0.917. The quantitative estimate of drug-likeness (QED) is 0.873. The van der Waals surface area contributed by atoms with Crippen molar-refractivity contribution in [2.75, 3.05) is 13.2 Å². The predicted molar refractivity (Wildman–Crippen MR) is 86.4 cm³/mol. The van der Waals surface area contributed by atoms with E-state index in [0.717, 1.165) is 32.3 Å². The van der Waals surface area contributed by atoms with Crippen molar-refractivity contribution in [1.82, 2.24) is 9.55 Å². The Morgan fingerprint density at radius 2 is 2.14 bits per heavy atom. The van der Waals surface area contributed by atoms with Gasteiger partial charge in [-0.25, -0.2) is 4.98 Å². The molecule has 2 rings (SSSR count). The van der Waals surface area contributed by atoms with Crippen LogP contribution in [0.4, 0.5) is 0 Å². The first-order valence-corrected chi connectivity index (χ1v) is 8.42. The molecule has 1 aromatic heterocycles. The number of ether oxygens (including phenoxy) is 1. The summed E-state index contributed by atoms with van der Waals surface area (Å²) in [5, 5.41) is 0. The van der Waals surface area contributed by atoms with Crippen molar-refractivity contribution in [3.63, 3.8) is 0 Å². The molecule has 2 atom stereocenters. The molecule has 120 valence electrons. The van der Waals surface area contributed by atoms with Gasteiger partial charge in [-0.2, -0.15) is 0 Å². The van der Waals surface area contributed by atoms with Gasteiger partial charge in [-0.1, -0.05) is 27.7 Å². The van der Waals surface area contributed by atoms with E-state index < -0.39 is 0 Å². The first kappa shape index (κ1) is 16.5. The van der Waals surface area contributed by atoms with Crippen LogP contribution in [0.5, 0.6) is 0 Å². The molecule has 21 heavy (non-hydrogen) atoms. The van der Waals surface area contributed by atoms with Gasteiger partial charge in [-0.05, 0) is 31.6 Å². The summed E-state index contributed by atoms with van der Waals surface area (Å²) in [6, 6.07) is 0.490. The maximum absolute atomic E-state index is 6.11. The second-order valence-corrected chi connectivity index (χ2v) is 6.70. The number of hydrogen-bond donors (Lipinski definition) is 1. The molecule has 4 heteroatoms. The molecular weight excluding hydrogens is 262 g/mol. The van der Waals surface area contributed by atoms with E-state index in [1.807, 2.05) is 12.5 Å². The van der Waals surface area contributed by atoms with Gasteiger partial charge in [0.2, 0.25) is 0 Å². The largest absolute Gasteiger partial charge is 0.375 e. The minimum Gasteiger partial charge on any atom is -0.375 e. The van der Waals surface area contributed by atoms with Gasteiger partial charge in [0.15, 0.2) is 0 Å². The van der Waals surface area contributed by atoms with Gasteiger partial charge in [0, 0.05) is 37.0 Å². The Balaban J connectivity index is 2.24. The van der Waals surface area contributed by atoms with Gasteiger partial charge in [0.1, 0.15) is 0 Å². The summed E-state index contributed by atoms with van der Waals surface area (Å²) < 4.78 is 8.48. The van der Waals surface area contributed by atoms with Crippen molar-refractivity contribution in [2.24, 2.45) is 11.7 Å². The lowest BCUT2D eigenvalue weighted by Gasteiger charge is -2.41. The van der Waals surface area contributed by atoms with Crippen molar-refractivity contribution >= 4 is 0 Å². The lowest BCUT2D eigenvalue weighted by Crippen LogP contribution is -2.40. The Labute approximate surface area is 129 Å². The molecule has 2 N–H and O–H groups in total. The Morgan fingerprint density at radius 1 is 1.43 bits per heavy atom. The fraction of sp³-hybridized carbons (Fsp3) is 0.824. The van der Waals surface area contributed by atoms with E-state index in [1.54, 1.807) is 0 Å². The normalized spacial score (nSPS) is 23.4. The number of nitrogens with zero attached hydrogens (tertiary/aromatic N) is 2. The fourth-order valence-electron chi connectivity index (χ4n) is 3.62. The van der Waals surface area contributed by atoms with E-state index in [-0.39, 0.29) is 5.60 Å². The van der Waals surface area contributed by atoms with Crippen LogP contribution in [0, 0.1) is 5.92 Å². The third-order valence-corrected chi connectivity index (χ3v) is 5.28. The smallest absolute Gasteiger partial charge is 0.0950 e. The van der Waals surface area contributed by atoms with E-state index in [1.165, 1.54) is 5.69 Å². The average Bonchev–Trinajstić information content (AvgIpc) is 2.97. The van der Waals surface area contributed by atoms with Gasteiger partial charge < -0.3 is 15.0 Å². The van der Waals surface area contributed by atoms with Crippen molar-refractivity contribution in [2.45, 2.75) is 70.9 Å². The standard InChI is InChI=1S/C17H31N3O/c1-5-17(6-2)9-14(7-8-21-17)20-12-19-11-16(20)15(10-18)13(3)4/h11-15H,5-10,18H2,1-4H3. The van der Waals surface area contributed by atoms with Crippen LogP contribution < -0.4 is 5.73 Å². The summed E-state index contributed by atoms with van der Waals surface area (Å²) in [7, 11) is 0. The van der Waals surface area contributed by atoms with Gasteiger partial charge in [0.05, 0.1) is 11.9 Å². The topological polar surface area (TPSA) is 53.1 Å². The molecule has 0 amide bonds. The molecule has 2 heterocycles. The lowest BCUT2D eigenvalue weighted by atomic mass is 9.85. The highest BCUT2D eigenvalue weighted by Crippen LogP contribution is 2.38. The van der Waals surface area contributed by atoms with E-state index in [9.17, 15) is 0 Å². The van der Waals surface area contributed by atoms with E-state index in [2.05, 4.69) is 37.2 Å². The van der Waals surface area contributed by atoms with Crippen LogP contribution in [-0.4, -0.2) is 28.3 Å². The predicted octanol–water partition coefficient (Wildman–Crippen LogP) is 3.49. The van der Waals surface area contributed by atoms with Crippen LogP contribution in [0.3, 0.4) is 0 Å². The van der Waals surface area contributed by atoms with Crippen molar-refractivity contribution in [3.8, 4) is 0 Å². The SMILES string of the molecule is CCC1(CC)CC(n2cncc2C(CN)C(C)C)CCO1. The van der Waals surface area contributed by atoms with Gasteiger partial charge >= 0.3 is 0 Å². The summed E-state index contributed by atoms with van der Waals surface area (Å²) in [4.78, 5) is 4.41. The molecule has 0 aromatic carbocycles. The molecule has 2 unspecified atom stereocenters. The molecule has 1 fully saturated rings. The van der Waals surface area contributed by atoms with Crippen LogP contribution >= 0.6 is 0 Å². The zero-order valence-corrected chi connectivity index (χ0v) is 14.0. The Bertz CT molecular complexity index is 437. The van der Waals surface area contributed by atoms with Gasteiger partial charge in [0.25, 0.3) is 0 Å². The average molecular weight is 293 g/mol. The first-order chi connectivity index (χ1) is 10.1. The first-order valence-electron chi connectivity index (χ1n) is 8.42. The zero-order valence-electron chi connectivity index (χ0n) is 14.0. The molecule has 0 aliphatic carbocycles. The highest BCUT2D eigenvalue weighted by Gasteiger charge is 2.36. The van der Waals surface area contributed by atoms with Crippen molar-refractivity contribution < 1.29 is 4.74 Å². The fourth-order valence-corrected chi connectivity index (χ4v) is 3.62. The van der Waals surface area contributed by atoms with Gasteiger partial charge in [-0.15, -0.1) is 0 Å². The van der Waals surface area contributed by atoms with Crippen LogP contribution in [0.15, 0.2) is 12.5 Å². The number of nitrogens with two attached hydrogens (primary N) is 1. The third kappa shape index (κ3) is 3.32. The molecule has 0 spiro atoms. The molecule has 1 aliphatic rings. The van der Waals surface area contributed by atoms with E-state index in [0.29, 0.717) is 24.4 Å². The summed E-state index contributed by atoms with van der Waals surface area (Å²) >= 11 is 0. The van der Waals surface area contributed by atoms with Crippen LogP contribution in [-0.2, 0) is 4.74 Å². The molecule has 1 aliphatic heterocycles. The summed E-state index contributed by atoms with van der Waals surface area (Å²) in [6.07, 6.45) is 8.31. The summed E-state index contributed by atoms with van der Waals surface area (Å²) in [6.45, 7) is 10.5. The molecule has 0 bridgehead atoms. The third-order valence-electron chi connectivity index (χ3n) is 5.28. The monoisotopic (exact) mass is 293 g/mol. The lowest BCUT2D eigenvalue weighted by molar-refractivity contribution is -0.0990. The van der Waals surface area contributed by atoms with Crippen LogP contribution in [0.2, 0.25) is 0 Å². The number of hydrogen-bond acceptors (Lipinski definition) is 3. The zero-order chi connectivity index (χ0) is 15.5. The minimum atomic E-state index is 0.0422. The Kier molecular flexibility index (Phi) is 5.44. The number of aromatic nitrogens is 2. The second-order valence-electron chi connectivity index (χ2n) is 6.70. The van der Waals surface area contributed by atoms with Crippen LogP contribution in [0.25, 0.3) is 0 Å². The van der Waals surface area contributed by atoms with Crippen LogP contribution in [0.1, 0.15) is 71.0 Å². The second kappa shape index (κ2) is 6.93.